The number of aryl methyl sites for hydroxylation is 2. The second-order valence-electron chi connectivity index (χ2n) is 8.31. The average Bonchev–Trinajstić information content (AvgIpc) is 3.33. The molecule has 1 aliphatic rings. The first-order valence-electron chi connectivity index (χ1n) is 10.6. The fourth-order valence-corrected chi connectivity index (χ4v) is 4.88. The molecule has 1 N–H and O–H groups in total. The van der Waals surface area contributed by atoms with Crippen LogP contribution in [-0.2, 0) is 9.59 Å². The van der Waals surface area contributed by atoms with E-state index in [1.165, 1.54) is 12.1 Å². The van der Waals surface area contributed by atoms with Gasteiger partial charge in [0.1, 0.15) is 22.5 Å². The number of aromatic nitrogens is 3. The van der Waals surface area contributed by atoms with Gasteiger partial charge in [0.15, 0.2) is 5.78 Å². The van der Waals surface area contributed by atoms with Gasteiger partial charge in [0, 0.05) is 25.1 Å². The van der Waals surface area contributed by atoms with Crippen LogP contribution in [-0.4, -0.2) is 38.8 Å². The minimum atomic E-state index is -0.806. The minimum absolute atomic E-state index is 0.0191. The number of hydrogen-bond acceptors (Lipinski definition) is 5. The Morgan fingerprint density at radius 1 is 1.15 bits per heavy atom. The summed E-state index contributed by atoms with van der Waals surface area (Å²) in [5.74, 6) is -1.99. The second-order valence-corrected chi connectivity index (χ2v) is 9.54. The predicted octanol–water partition coefficient (Wildman–Crippen LogP) is 4.91. The van der Waals surface area contributed by atoms with E-state index >= 15 is 0 Å². The molecule has 2 atom stereocenters. The molecule has 2 unspecified atom stereocenters. The van der Waals surface area contributed by atoms with Crippen LogP contribution in [0.25, 0.3) is 5.69 Å². The lowest BCUT2D eigenvalue weighted by Gasteiger charge is -2.17. The molecule has 0 radical (unpaired) electrons. The van der Waals surface area contributed by atoms with Gasteiger partial charge in [-0.2, -0.15) is 5.10 Å². The Morgan fingerprint density at radius 3 is 2.50 bits per heavy atom. The monoisotopic (exact) mass is 518 g/mol. The van der Waals surface area contributed by atoms with Gasteiger partial charge in [-0.15, -0.1) is 0 Å². The zero-order chi connectivity index (χ0) is 24.6. The van der Waals surface area contributed by atoms with Crippen LogP contribution in [0.15, 0.2) is 36.7 Å². The molecule has 1 amide bonds. The summed E-state index contributed by atoms with van der Waals surface area (Å²) >= 11 is 17.8. The number of nitrogens with zero attached hydrogens (tertiary/aromatic N) is 3. The van der Waals surface area contributed by atoms with E-state index in [4.69, 9.17) is 34.8 Å². The van der Waals surface area contributed by atoms with Crippen LogP contribution in [0.1, 0.15) is 45.9 Å². The molecule has 0 aliphatic heterocycles. The van der Waals surface area contributed by atoms with Gasteiger partial charge in [0.2, 0.25) is 0 Å². The van der Waals surface area contributed by atoms with Gasteiger partial charge in [-0.3, -0.25) is 14.4 Å². The van der Waals surface area contributed by atoms with Crippen molar-refractivity contribution in [1.82, 2.24) is 20.1 Å². The van der Waals surface area contributed by atoms with Crippen molar-refractivity contribution in [3.63, 3.8) is 0 Å². The van der Waals surface area contributed by atoms with E-state index in [1.807, 2.05) is 26.0 Å². The van der Waals surface area contributed by atoms with E-state index in [0.717, 1.165) is 22.4 Å². The average molecular weight is 520 g/mol. The van der Waals surface area contributed by atoms with Crippen LogP contribution >= 0.6 is 34.8 Å². The summed E-state index contributed by atoms with van der Waals surface area (Å²) in [7, 11) is 0. The number of carbonyl (C=O) groups excluding carboxylic acids is 3. The number of pyridine rings is 1. The van der Waals surface area contributed by atoms with Crippen molar-refractivity contribution in [3.8, 4) is 5.69 Å². The number of benzene rings is 1. The van der Waals surface area contributed by atoms with Gasteiger partial charge >= 0.3 is 0 Å². The lowest BCUT2D eigenvalue weighted by molar-refractivity contribution is -0.124. The van der Waals surface area contributed by atoms with Gasteiger partial charge in [-0.05, 0) is 61.2 Å². The zero-order valence-corrected chi connectivity index (χ0v) is 20.7. The molecular weight excluding hydrogens is 499 g/mol. The standard InChI is InChI=1S/C24H21Cl3N4O3/c1-12-7-16(31-11-15(25)10-29-31)8-13(2)20(12)21-18(32)9-14(23(21)33)5-6-28-24(34)22-17(26)3-4-19(27)30-22/h3-4,7-8,10-11,14,21H,5-6,9H2,1-2H3,(H,28,34). The third kappa shape index (κ3) is 4.87. The summed E-state index contributed by atoms with van der Waals surface area (Å²) in [6.45, 7) is 3.97. The fraction of sp³-hybridized carbons (Fsp3) is 0.292. The lowest BCUT2D eigenvalue weighted by atomic mass is 9.87. The Labute approximate surface area is 211 Å². The van der Waals surface area contributed by atoms with Crippen LogP contribution < -0.4 is 5.32 Å². The molecule has 1 aliphatic carbocycles. The Kier molecular flexibility index (Phi) is 7.07. The van der Waals surface area contributed by atoms with Gasteiger partial charge in [0.25, 0.3) is 5.91 Å². The maximum absolute atomic E-state index is 13.2. The first kappa shape index (κ1) is 24.4. The van der Waals surface area contributed by atoms with Crippen LogP contribution in [0.2, 0.25) is 15.2 Å². The molecule has 34 heavy (non-hydrogen) atoms. The molecule has 10 heteroatoms. The van der Waals surface area contributed by atoms with Crippen LogP contribution in [0.3, 0.4) is 0 Å². The van der Waals surface area contributed by atoms with E-state index in [0.29, 0.717) is 11.4 Å². The van der Waals surface area contributed by atoms with Gasteiger partial charge in [0.05, 0.1) is 21.9 Å². The molecule has 2 heterocycles. The summed E-state index contributed by atoms with van der Waals surface area (Å²) < 4.78 is 1.65. The molecule has 7 nitrogen and oxygen atoms in total. The largest absolute Gasteiger partial charge is 0.351 e. The molecule has 1 fully saturated rings. The summed E-state index contributed by atoms with van der Waals surface area (Å²) in [5.41, 5.74) is 3.23. The molecule has 0 spiro atoms. The van der Waals surface area contributed by atoms with E-state index in [9.17, 15) is 14.4 Å². The maximum atomic E-state index is 13.2. The van der Waals surface area contributed by atoms with Crippen LogP contribution in [0, 0.1) is 19.8 Å². The zero-order valence-electron chi connectivity index (χ0n) is 18.4. The fourth-order valence-electron chi connectivity index (χ4n) is 4.41. The Bertz CT molecular complexity index is 1280. The summed E-state index contributed by atoms with van der Waals surface area (Å²) in [6.07, 6.45) is 3.72. The number of halogens is 3. The number of carbonyl (C=O) groups is 3. The summed E-state index contributed by atoms with van der Waals surface area (Å²) in [5, 5.41) is 7.77. The van der Waals surface area contributed by atoms with Crippen molar-refractivity contribution in [2.24, 2.45) is 5.92 Å². The van der Waals surface area contributed by atoms with Crippen molar-refractivity contribution in [2.75, 3.05) is 6.54 Å². The normalized spacial score (nSPS) is 17.9. The molecule has 3 aromatic rings. The number of Topliss-reactive ketones (excluding diaryl/α,β-unsaturated/α-hetero) is 2. The highest BCUT2D eigenvalue weighted by Crippen LogP contribution is 2.37. The number of nitrogens with one attached hydrogen (secondary N) is 1. The highest BCUT2D eigenvalue weighted by molar-refractivity contribution is 6.34. The van der Waals surface area contributed by atoms with Crippen LogP contribution in [0.5, 0.6) is 0 Å². The third-order valence-corrected chi connectivity index (χ3v) is 6.66. The first-order valence-corrected chi connectivity index (χ1v) is 11.8. The van der Waals surface area contributed by atoms with Crippen LogP contribution in [0.4, 0.5) is 0 Å². The van der Waals surface area contributed by atoms with Crippen molar-refractivity contribution in [1.29, 1.82) is 0 Å². The molecule has 0 bridgehead atoms. The topological polar surface area (TPSA) is 93.9 Å². The van der Waals surface area contributed by atoms with E-state index in [-0.39, 0.29) is 40.4 Å². The number of ketones is 2. The van der Waals surface area contributed by atoms with Gasteiger partial charge in [-0.1, -0.05) is 34.8 Å². The smallest absolute Gasteiger partial charge is 0.271 e. The van der Waals surface area contributed by atoms with Gasteiger partial charge < -0.3 is 5.32 Å². The quantitative estimate of drug-likeness (QED) is 0.369. The SMILES string of the molecule is Cc1cc(-n2cc(Cl)cn2)cc(C)c1C1C(=O)CC(CCNC(=O)c2nc(Cl)ccc2Cl)C1=O. The number of rotatable bonds is 6. The first-order chi connectivity index (χ1) is 16.2. The molecule has 4 rings (SSSR count). The van der Waals surface area contributed by atoms with Crippen molar-refractivity contribution in [3.05, 3.63) is 74.2 Å². The number of hydrogen-bond donors (Lipinski definition) is 1. The lowest BCUT2D eigenvalue weighted by Crippen LogP contribution is -2.28. The number of amides is 1. The van der Waals surface area contributed by atoms with Gasteiger partial charge in [-0.25, -0.2) is 9.67 Å². The van der Waals surface area contributed by atoms with E-state index in [2.05, 4.69) is 15.4 Å². The highest BCUT2D eigenvalue weighted by Gasteiger charge is 2.42. The minimum Gasteiger partial charge on any atom is -0.351 e. The summed E-state index contributed by atoms with van der Waals surface area (Å²) in [4.78, 5) is 42.4. The highest BCUT2D eigenvalue weighted by atomic mass is 35.5. The Morgan fingerprint density at radius 2 is 1.85 bits per heavy atom. The molecule has 1 aromatic carbocycles. The molecule has 1 saturated carbocycles. The maximum Gasteiger partial charge on any atom is 0.271 e. The predicted molar refractivity (Wildman–Crippen MR) is 130 cm³/mol. The third-order valence-electron chi connectivity index (χ3n) is 5.94. The molecule has 176 valence electrons. The summed E-state index contributed by atoms with van der Waals surface area (Å²) in [6, 6.07) is 6.76. The van der Waals surface area contributed by atoms with Crippen molar-refractivity contribution in [2.45, 2.75) is 32.6 Å². The molecular formula is C24H21Cl3N4O3. The van der Waals surface area contributed by atoms with E-state index in [1.54, 1.807) is 17.1 Å². The Balaban J connectivity index is 1.46. The van der Waals surface area contributed by atoms with E-state index < -0.39 is 17.7 Å². The second kappa shape index (κ2) is 9.86. The van der Waals surface area contributed by atoms with Crippen molar-refractivity contribution < 1.29 is 14.4 Å². The molecule has 2 aromatic heterocycles. The molecule has 0 saturated heterocycles. The Hall–Kier alpha value is -2.74. The van der Waals surface area contributed by atoms with Crippen molar-refractivity contribution >= 4 is 52.3 Å².